The molecule has 0 saturated carbocycles. The van der Waals surface area contributed by atoms with Crippen LogP contribution in [0.25, 0.3) is 0 Å². The molecule has 0 spiro atoms. The van der Waals surface area contributed by atoms with E-state index in [1.165, 1.54) is 24.8 Å². The van der Waals surface area contributed by atoms with Gasteiger partial charge in [-0.2, -0.15) is 0 Å². The molecule has 0 aromatic heterocycles. The van der Waals surface area contributed by atoms with Gasteiger partial charge in [-0.1, -0.05) is 18.6 Å². The van der Waals surface area contributed by atoms with E-state index in [2.05, 4.69) is 5.32 Å². The van der Waals surface area contributed by atoms with Crippen molar-refractivity contribution < 1.29 is 9.13 Å². The Morgan fingerprint density at radius 3 is 2.72 bits per heavy atom. The first kappa shape index (κ1) is 12.1. The zero-order valence-electron chi connectivity index (χ0n) is 10.8. The minimum atomic E-state index is -0.120. The van der Waals surface area contributed by atoms with Crippen LogP contribution in [-0.2, 0) is 10.2 Å². The van der Waals surface area contributed by atoms with Crippen molar-refractivity contribution in [3.63, 3.8) is 0 Å². The van der Waals surface area contributed by atoms with Crippen LogP contribution >= 0.6 is 0 Å². The van der Waals surface area contributed by atoms with Gasteiger partial charge in [0.2, 0.25) is 0 Å². The second-order valence-electron chi connectivity index (χ2n) is 5.62. The number of ether oxygens (including phenoxy) is 1. The number of nitrogens with one attached hydrogen (secondary N) is 1. The third-order valence-electron chi connectivity index (χ3n) is 4.43. The maximum Gasteiger partial charge on any atom is 0.126 e. The Hall–Kier alpha value is -0.930. The van der Waals surface area contributed by atoms with Crippen molar-refractivity contribution >= 4 is 0 Å². The van der Waals surface area contributed by atoms with Crippen molar-refractivity contribution in [2.24, 2.45) is 0 Å². The van der Waals surface area contributed by atoms with Crippen molar-refractivity contribution in [3.05, 3.63) is 35.1 Å². The first-order chi connectivity index (χ1) is 8.72. The Bertz CT molecular complexity index is 436. The molecule has 0 amide bonds. The summed E-state index contributed by atoms with van der Waals surface area (Å²) in [7, 11) is 0. The van der Waals surface area contributed by atoms with Crippen LogP contribution in [0.3, 0.4) is 0 Å². The van der Waals surface area contributed by atoms with Gasteiger partial charge in [0.15, 0.2) is 0 Å². The van der Waals surface area contributed by atoms with Gasteiger partial charge in [0.05, 0.1) is 18.6 Å². The third kappa shape index (κ3) is 1.86. The highest BCUT2D eigenvalue weighted by Gasteiger charge is 2.47. The molecule has 2 saturated heterocycles. The molecule has 1 N–H and O–H groups in total. The van der Waals surface area contributed by atoms with E-state index in [9.17, 15) is 4.39 Å². The molecular formula is C15H20FNO. The topological polar surface area (TPSA) is 21.3 Å². The minimum Gasteiger partial charge on any atom is -0.379 e. The summed E-state index contributed by atoms with van der Waals surface area (Å²) in [6, 6.07) is 5.99. The fraction of sp³-hybridized carbons (Fsp3) is 0.600. The second kappa shape index (κ2) is 4.63. The van der Waals surface area contributed by atoms with E-state index in [0.717, 1.165) is 25.3 Å². The lowest BCUT2D eigenvalue weighted by Gasteiger charge is -2.49. The first-order valence-corrected chi connectivity index (χ1v) is 6.80. The Balaban J connectivity index is 1.92. The molecule has 18 heavy (non-hydrogen) atoms. The van der Waals surface area contributed by atoms with Crippen LogP contribution < -0.4 is 5.32 Å². The fourth-order valence-corrected chi connectivity index (χ4v) is 3.17. The Kier molecular flexibility index (Phi) is 3.12. The molecule has 2 aliphatic rings. The summed E-state index contributed by atoms with van der Waals surface area (Å²) in [5.74, 6) is -0.120. The van der Waals surface area contributed by atoms with Gasteiger partial charge in [-0.3, -0.25) is 0 Å². The van der Waals surface area contributed by atoms with Gasteiger partial charge in [-0.25, -0.2) is 4.39 Å². The van der Waals surface area contributed by atoms with Crippen LogP contribution in [0, 0.1) is 12.7 Å². The van der Waals surface area contributed by atoms with Crippen LogP contribution in [0.5, 0.6) is 0 Å². The maximum atomic E-state index is 13.4. The molecule has 0 aliphatic carbocycles. The molecule has 1 aromatic rings. The van der Waals surface area contributed by atoms with Crippen molar-refractivity contribution in [1.29, 1.82) is 0 Å². The van der Waals surface area contributed by atoms with E-state index < -0.39 is 0 Å². The predicted molar refractivity (Wildman–Crippen MR) is 69.3 cm³/mol. The number of hydrogen-bond acceptors (Lipinski definition) is 2. The lowest BCUT2D eigenvalue weighted by molar-refractivity contribution is -0.0827. The molecule has 1 aromatic carbocycles. The van der Waals surface area contributed by atoms with E-state index in [-0.39, 0.29) is 11.2 Å². The zero-order valence-corrected chi connectivity index (χ0v) is 10.8. The van der Waals surface area contributed by atoms with Crippen molar-refractivity contribution in [2.75, 3.05) is 19.8 Å². The van der Waals surface area contributed by atoms with Gasteiger partial charge >= 0.3 is 0 Å². The zero-order chi connectivity index (χ0) is 12.6. The lowest BCUT2D eigenvalue weighted by Crippen LogP contribution is -2.61. The number of hydrogen-bond donors (Lipinski definition) is 1. The molecule has 3 heteroatoms. The Morgan fingerprint density at radius 1 is 1.33 bits per heavy atom. The maximum absolute atomic E-state index is 13.4. The van der Waals surface area contributed by atoms with Crippen molar-refractivity contribution in [1.82, 2.24) is 5.32 Å². The molecule has 0 radical (unpaired) electrons. The monoisotopic (exact) mass is 249 g/mol. The SMILES string of the molecule is Cc1cc(C2(C3CCCCN3)COC2)ccc1F. The van der Waals surface area contributed by atoms with Crippen LogP contribution in [0.15, 0.2) is 18.2 Å². The van der Waals surface area contributed by atoms with Gasteiger partial charge in [0.25, 0.3) is 0 Å². The predicted octanol–water partition coefficient (Wildman–Crippen LogP) is 2.54. The lowest BCUT2D eigenvalue weighted by atomic mass is 9.69. The largest absolute Gasteiger partial charge is 0.379 e. The molecule has 3 rings (SSSR count). The summed E-state index contributed by atoms with van der Waals surface area (Å²) in [4.78, 5) is 0. The molecule has 2 nitrogen and oxygen atoms in total. The highest BCUT2D eigenvalue weighted by Crippen LogP contribution is 2.39. The Labute approximate surface area is 108 Å². The number of rotatable bonds is 2. The summed E-state index contributed by atoms with van der Waals surface area (Å²) in [6.45, 7) is 4.44. The molecule has 0 bridgehead atoms. The highest BCUT2D eigenvalue weighted by molar-refractivity contribution is 5.34. The fourth-order valence-electron chi connectivity index (χ4n) is 3.17. The van der Waals surface area contributed by atoms with Crippen molar-refractivity contribution in [2.45, 2.75) is 37.6 Å². The van der Waals surface area contributed by atoms with Crippen LogP contribution in [-0.4, -0.2) is 25.8 Å². The molecule has 98 valence electrons. The number of aryl methyl sites for hydroxylation is 1. The first-order valence-electron chi connectivity index (χ1n) is 6.80. The second-order valence-corrected chi connectivity index (χ2v) is 5.62. The van der Waals surface area contributed by atoms with Crippen LogP contribution in [0.4, 0.5) is 4.39 Å². The number of halogens is 1. The van der Waals surface area contributed by atoms with E-state index in [1.54, 1.807) is 6.07 Å². The Morgan fingerprint density at radius 2 is 2.17 bits per heavy atom. The number of piperidine rings is 1. The van der Waals surface area contributed by atoms with Gasteiger partial charge in [0.1, 0.15) is 5.82 Å². The summed E-state index contributed by atoms with van der Waals surface area (Å²) in [6.07, 6.45) is 3.73. The van der Waals surface area contributed by atoms with Crippen LogP contribution in [0.2, 0.25) is 0 Å². The molecule has 1 atom stereocenters. The van der Waals surface area contributed by atoms with E-state index in [0.29, 0.717) is 6.04 Å². The van der Waals surface area contributed by atoms with Gasteiger partial charge < -0.3 is 10.1 Å². The highest BCUT2D eigenvalue weighted by atomic mass is 19.1. The number of benzene rings is 1. The average Bonchev–Trinajstić information content (AvgIpc) is 2.34. The summed E-state index contributed by atoms with van der Waals surface area (Å²) in [5, 5.41) is 3.62. The summed E-state index contributed by atoms with van der Waals surface area (Å²) < 4.78 is 18.9. The van der Waals surface area contributed by atoms with E-state index in [4.69, 9.17) is 4.74 Å². The van der Waals surface area contributed by atoms with Crippen molar-refractivity contribution in [3.8, 4) is 0 Å². The molecule has 2 aliphatic heterocycles. The van der Waals surface area contributed by atoms with Gasteiger partial charge in [-0.15, -0.1) is 0 Å². The normalized spacial score (nSPS) is 26.7. The van der Waals surface area contributed by atoms with E-state index >= 15 is 0 Å². The van der Waals surface area contributed by atoms with Gasteiger partial charge in [-0.05, 0) is 43.5 Å². The van der Waals surface area contributed by atoms with E-state index in [1.807, 2.05) is 19.1 Å². The summed E-state index contributed by atoms with van der Waals surface area (Å²) >= 11 is 0. The third-order valence-corrected chi connectivity index (χ3v) is 4.43. The smallest absolute Gasteiger partial charge is 0.126 e. The summed E-state index contributed by atoms with van der Waals surface area (Å²) in [5.41, 5.74) is 2.03. The molecule has 2 fully saturated rings. The molecular weight excluding hydrogens is 229 g/mol. The van der Waals surface area contributed by atoms with Gasteiger partial charge in [0, 0.05) is 6.04 Å². The van der Waals surface area contributed by atoms with Crippen LogP contribution in [0.1, 0.15) is 30.4 Å². The molecule has 2 heterocycles. The average molecular weight is 249 g/mol. The quantitative estimate of drug-likeness (QED) is 0.869. The standard InChI is InChI=1S/C15H20FNO/c1-11-8-12(5-6-13(11)16)15(9-18-10-15)14-4-2-3-7-17-14/h5-6,8,14,17H,2-4,7,9-10H2,1H3. The molecule has 1 unspecified atom stereocenters. The minimum absolute atomic E-state index is 0.0683.